The number of rotatable bonds is 2. The van der Waals surface area contributed by atoms with Crippen molar-refractivity contribution in [3.05, 3.63) is 46.7 Å². The van der Waals surface area contributed by atoms with E-state index in [0.717, 1.165) is 6.42 Å². The molecule has 0 radical (unpaired) electrons. The molecule has 122 valence electrons. The maximum Gasteiger partial charge on any atom is 0.243 e. The van der Waals surface area contributed by atoms with Gasteiger partial charge in [0.15, 0.2) is 6.17 Å². The molecule has 3 atom stereocenters. The monoisotopic (exact) mass is 355 g/mol. The molecule has 0 amide bonds. The van der Waals surface area contributed by atoms with Crippen molar-refractivity contribution in [1.82, 2.24) is 14.5 Å². The number of aromatic amines is 1. The zero-order chi connectivity index (χ0) is 16.2. The number of H-pyrrole nitrogens is 1. The number of nitrogens with one attached hydrogen (secondary N) is 1. The second kappa shape index (κ2) is 5.29. The van der Waals surface area contributed by atoms with E-state index in [9.17, 15) is 12.8 Å². The fourth-order valence-corrected chi connectivity index (χ4v) is 5.60. The molecule has 1 fully saturated rings. The molecule has 23 heavy (non-hydrogen) atoms. The molecule has 0 saturated carbocycles. The summed E-state index contributed by atoms with van der Waals surface area (Å²) in [6.45, 7) is 0. The Bertz CT molecular complexity index is 837. The highest BCUT2D eigenvalue weighted by atomic mass is 35.5. The van der Waals surface area contributed by atoms with E-state index in [4.69, 9.17) is 11.6 Å². The van der Waals surface area contributed by atoms with Gasteiger partial charge >= 0.3 is 0 Å². The first kappa shape index (κ1) is 15.1. The molecule has 2 aliphatic heterocycles. The minimum atomic E-state index is -3.80. The topological polar surface area (TPSA) is 66.1 Å². The van der Waals surface area contributed by atoms with Crippen LogP contribution in [-0.4, -0.2) is 29.0 Å². The molecule has 0 aliphatic carbocycles. The van der Waals surface area contributed by atoms with Crippen LogP contribution in [0, 0.1) is 0 Å². The van der Waals surface area contributed by atoms with Crippen LogP contribution < -0.4 is 0 Å². The van der Waals surface area contributed by atoms with Crippen molar-refractivity contribution in [2.45, 2.75) is 42.4 Å². The maximum atomic E-state index is 14.8. The summed E-state index contributed by atoms with van der Waals surface area (Å²) >= 11 is 5.84. The molecule has 5 nitrogen and oxygen atoms in total. The summed E-state index contributed by atoms with van der Waals surface area (Å²) in [5.41, 5.74) is 1.06. The van der Waals surface area contributed by atoms with Crippen LogP contribution in [0.4, 0.5) is 4.39 Å². The summed E-state index contributed by atoms with van der Waals surface area (Å²) in [6, 6.07) is 4.93. The molecule has 3 heterocycles. The van der Waals surface area contributed by atoms with Gasteiger partial charge in [-0.25, -0.2) is 12.8 Å². The van der Waals surface area contributed by atoms with E-state index in [0.29, 0.717) is 29.1 Å². The number of sulfonamides is 1. The average Bonchev–Trinajstić information content (AvgIpc) is 3.02. The third-order valence-corrected chi connectivity index (χ3v) is 6.87. The van der Waals surface area contributed by atoms with Crippen molar-refractivity contribution in [2.24, 2.45) is 0 Å². The van der Waals surface area contributed by atoms with Crippen molar-refractivity contribution in [1.29, 1.82) is 0 Å². The highest BCUT2D eigenvalue weighted by molar-refractivity contribution is 7.89. The number of halogens is 2. The van der Waals surface area contributed by atoms with Gasteiger partial charge in [-0.2, -0.15) is 9.40 Å². The zero-order valence-electron chi connectivity index (χ0n) is 12.1. The quantitative estimate of drug-likeness (QED) is 0.898. The Balaban J connectivity index is 1.84. The summed E-state index contributed by atoms with van der Waals surface area (Å²) in [7, 11) is -3.80. The molecular formula is C15H15ClFN3O2S. The first-order valence-corrected chi connectivity index (χ1v) is 9.28. The first-order chi connectivity index (χ1) is 11.0. The lowest BCUT2D eigenvalue weighted by Crippen LogP contribution is -2.50. The van der Waals surface area contributed by atoms with Gasteiger partial charge in [-0.3, -0.25) is 5.10 Å². The Morgan fingerprint density at radius 1 is 1.26 bits per heavy atom. The van der Waals surface area contributed by atoms with Crippen LogP contribution in [0.5, 0.6) is 0 Å². The van der Waals surface area contributed by atoms with E-state index < -0.39 is 22.2 Å². The predicted octanol–water partition coefficient (Wildman–Crippen LogP) is 3.37. The van der Waals surface area contributed by atoms with Crippen molar-refractivity contribution in [2.75, 3.05) is 0 Å². The van der Waals surface area contributed by atoms with Crippen LogP contribution in [0.1, 0.15) is 42.7 Å². The van der Waals surface area contributed by atoms with Crippen LogP contribution >= 0.6 is 11.6 Å². The van der Waals surface area contributed by atoms with Crippen LogP contribution in [0.2, 0.25) is 5.02 Å². The van der Waals surface area contributed by atoms with Gasteiger partial charge in [0.05, 0.1) is 28.9 Å². The lowest BCUT2D eigenvalue weighted by atomic mass is 9.84. The molecule has 2 aliphatic rings. The van der Waals surface area contributed by atoms with Gasteiger partial charge in [-0.15, -0.1) is 0 Å². The molecule has 2 aromatic rings. The minimum Gasteiger partial charge on any atom is -0.279 e. The molecule has 3 unspecified atom stereocenters. The van der Waals surface area contributed by atoms with Crippen molar-refractivity contribution in [3.8, 4) is 0 Å². The normalized spacial score (nSPS) is 27.7. The second-order valence-electron chi connectivity index (χ2n) is 5.94. The van der Waals surface area contributed by atoms with Gasteiger partial charge in [0, 0.05) is 10.6 Å². The van der Waals surface area contributed by atoms with Crippen LogP contribution in [0.15, 0.2) is 35.4 Å². The molecule has 8 heteroatoms. The summed E-state index contributed by atoms with van der Waals surface area (Å²) in [5.74, 6) is 0. The average molecular weight is 356 g/mol. The summed E-state index contributed by atoms with van der Waals surface area (Å²) in [4.78, 5) is 0.137. The number of aromatic nitrogens is 2. The Labute approximate surface area is 138 Å². The Kier molecular flexibility index (Phi) is 3.48. The lowest BCUT2D eigenvalue weighted by Gasteiger charge is -2.45. The van der Waals surface area contributed by atoms with Gasteiger partial charge < -0.3 is 0 Å². The van der Waals surface area contributed by atoms with Gasteiger partial charge in [-0.1, -0.05) is 11.6 Å². The first-order valence-electron chi connectivity index (χ1n) is 7.46. The number of hydrogen-bond acceptors (Lipinski definition) is 3. The maximum absolute atomic E-state index is 14.8. The van der Waals surface area contributed by atoms with E-state index in [1.165, 1.54) is 28.6 Å². The minimum absolute atomic E-state index is 0.137. The Hall–Kier alpha value is -1.44. The number of nitrogens with zero attached hydrogens (tertiary/aromatic N) is 2. The SMILES string of the molecule is O=S(=O)(c1ccc(Cl)cc1)N1C2CCCC1C(F)c1[nH]ncc12. The lowest BCUT2D eigenvalue weighted by molar-refractivity contribution is 0.0798. The third kappa shape index (κ3) is 2.21. The third-order valence-electron chi connectivity index (χ3n) is 4.67. The molecule has 2 bridgehead atoms. The van der Waals surface area contributed by atoms with Gasteiger partial charge in [0.2, 0.25) is 10.0 Å². The molecule has 1 aromatic heterocycles. The molecular weight excluding hydrogens is 341 g/mol. The fourth-order valence-electron chi connectivity index (χ4n) is 3.63. The number of fused-ring (bicyclic) bond motifs is 4. The van der Waals surface area contributed by atoms with Crippen LogP contribution in [-0.2, 0) is 10.0 Å². The fraction of sp³-hybridized carbons (Fsp3) is 0.400. The number of piperidine rings is 1. The number of hydrogen-bond donors (Lipinski definition) is 1. The molecule has 1 saturated heterocycles. The molecule has 4 rings (SSSR count). The summed E-state index contributed by atoms with van der Waals surface area (Å²) in [5, 5.41) is 7.06. The van der Waals surface area contributed by atoms with Crippen molar-refractivity contribution >= 4 is 21.6 Å². The van der Waals surface area contributed by atoms with Crippen LogP contribution in [0.3, 0.4) is 0 Å². The van der Waals surface area contributed by atoms with Crippen LogP contribution in [0.25, 0.3) is 0 Å². The zero-order valence-corrected chi connectivity index (χ0v) is 13.7. The highest BCUT2D eigenvalue weighted by Crippen LogP contribution is 2.49. The Morgan fingerprint density at radius 3 is 2.74 bits per heavy atom. The smallest absolute Gasteiger partial charge is 0.243 e. The van der Waals surface area contributed by atoms with E-state index in [1.54, 1.807) is 6.20 Å². The van der Waals surface area contributed by atoms with Gasteiger partial charge in [0.1, 0.15) is 0 Å². The second-order valence-corrected chi connectivity index (χ2v) is 8.22. The van der Waals surface area contributed by atoms with E-state index in [2.05, 4.69) is 10.2 Å². The van der Waals surface area contributed by atoms with E-state index in [1.807, 2.05) is 0 Å². The van der Waals surface area contributed by atoms with Crippen molar-refractivity contribution < 1.29 is 12.8 Å². The molecule has 0 spiro atoms. The largest absolute Gasteiger partial charge is 0.279 e. The predicted molar refractivity (Wildman–Crippen MR) is 83.3 cm³/mol. The van der Waals surface area contributed by atoms with Crippen molar-refractivity contribution in [3.63, 3.8) is 0 Å². The standard InChI is InChI=1S/C15H15ClFN3O2S/c16-9-4-6-10(7-5-9)23(21,22)20-12-2-1-3-13(20)14(17)15-11(12)8-18-19-15/h4-8,12-14H,1-3H2,(H,18,19). The molecule has 1 aromatic carbocycles. The number of alkyl halides is 1. The summed E-state index contributed by atoms with van der Waals surface area (Å²) in [6.07, 6.45) is 2.13. The van der Waals surface area contributed by atoms with E-state index in [-0.39, 0.29) is 10.9 Å². The molecule has 1 N–H and O–H groups in total. The summed E-state index contributed by atoms with van der Waals surface area (Å²) < 4.78 is 42.3. The number of benzene rings is 1. The van der Waals surface area contributed by atoms with Gasteiger partial charge in [0.25, 0.3) is 0 Å². The highest BCUT2D eigenvalue weighted by Gasteiger charge is 2.50. The Morgan fingerprint density at radius 2 is 2.00 bits per heavy atom. The van der Waals surface area contributed by atoms with Gasteiger partial charge in [-0.05, 0) is 43.5 Å². The van der Waals surface area contributed by atoms with E-state index >= 15 is 0 Å².